The first-order valence-electron chi connectivity index (χ1n) is 20.1. The summed E-state index contributed by atoms with van der Waals surface area (Å²) in [6.07, 6.45) is 3.30. The molecule has 2 aliphatic carbocycles. The van der Waals surface area contributed by atoms with Crippen LogP contribution in [0.1, 0.15) is 104 Å². The monoisotopic (exact) mass is 793 g/mol. The molecular weight excluding hydrogens is 742 g/mol. The minimum absolute atomic E-state index is 0.0552. The summed E-state index contributed by atoms with van der Waals surface area (Å²) >= 11 is 0. The molecule has 0 bridgehead atoms. The van der Waals surface area contributed by atoms with Crippen molar-refractivity contribution in [1.82, 2.24) is 16.0 Å². The zero-order valence-electron chi connectivity index (χ0n) is 33.9. The van der Waals surface area contributed by atoms with Crippen LogP contribution in [-0.2, 0) is 14.3 Å². The van der Waals surface area contributed by atoms with Gasteiger partial charge in [0.05, 0.1) is 29.4 Å². The molecule has 2 heterocycles. The third-order valence-electron chi connectivity index (χ3n) is 12.4. The highest BCUT2D eigenvalue weighted by Gasteiger charge is 2.64. The summed E-state index contributed by atoms with van der Waals surface area (Å²) in [6, 6.07) is 16.9. The number of amides is 4. The van der Waals surface area contributed by atoms with Crippen LogP contribution in [0.4, 0.5) is 10.1 Å². The van der Waals surface area contributed by atoms with Gasteiger partial charge in [-0.05, 0) is 92.8 Å². The molecule has 3 N–H and O–H groups in total. The Hall–Kier alpha value is -5.48. The molecule has 7 rings (SSSR count). The quantitative estimate of drug-likeness (QED) is 0.196. The summed E-state index contributed by atoms with van der Waals surface area (Å²) < 4.78 is 33.7. The van der Waals surface area contributed by atoms with Crippen LogP contribution in [0.5, 0.6) is 11.5 Å². The zero-order chi connectivity index (χ0) is 41.5. The third kappa shape index (κ3) is 8.25. The Morgan fingerprint density at radius 1 is 0.828 bits per heavy atom. The van der Waals surface area contributed by atoms with E-state index in [1.54, 1.807) is 0 Å². The van der Waals surface area contributed by atoms with E-state index < -0.39 is 29.6 Å². The molecule has 12 nitrogen and oxygen atoms in total. The number of piperidine rings is 2. The Morgan fingerprint density at radius 2 is 1.48 bits per heavy atom. The molecule has 0 unspecified atom stereocenters. The average Bonchev–Trinajstić information content (AvgIpc) is 3.16. The first-order valence-corrected chi connectivity index (χ1v) is 20.1. The van der Waals surface area contributed by atoms with Gasteiger partial charge in [-0.25, -0.2) is 4.39 Å². The Morgan fingerprint density at radius 3 is 2.09 bits per heavy atom. The molecule has 2 saturated heterocycles. The normalized spacial score (nSPS) is 25.0. The van der Waals surface area contributed by atoms with E-state index in [9.17, 15) is 28.8 Å². The van der Waals surface area contributed by atoms with Crippen LogP contribution < -0.4 is 30.3 Å². The lowest BCUT2D eigenvalue weighted by atomic mass is 9.49. The second-order valence-corrected chi connectivity index (χ2v) is 17.4. The lowest BCUT2D eigenvalue weighted by molar-refractivity contribution is -0.164. The Balaban J connectivity index is 0.831. The number of hydrogen-bond acceptors (Lipinski definition) is 9. The number of ether oxygens (including phenoxy) is 3. The fraction of sp³-hybridized carbons (Fsp3) is 0.489. The van der Waals surface area contributed by atoms with Crippen molar-refractivity contribution in [3.63, 3.8) is 0 Å². The average molecular weight is 794 g/mol. The van der Waals surface area contributed by atoms with E-state index in [1.165, 1.54) is 18.2 Å². The molecular formula is C45H52FN5O7. The zero-order valence-corrected chi connectivity index (χ0v) is 33.9. The van der Waals surface area contributed by atoms with Gasteiger partial charge in [0, 0.05) is 66.5 Å². The van der Waals surface area contributed by atoms with Gasteiger partial charge >= 0.3 is 0 Å². The Labute approximate surface area is 338 Å². The molecule has 2 aliphatic heterocycles. The highest BCUT2D eigenvalue weighted by Crippen LogP contribution is 2.55. The van der Waals surface area contributed by atoms with Crippen LogP contribution in [0.2, 0.25) is 0 Å². The number of hydrogen-bond donors (Lipinski definition) is 3. The SMILES string of the molecule is Cc1cc(O[C@H]2C(C)(C)[C@H](NC(=O)c3ccc(N4CCC(O[C@H]5C[C@H](Oc6ccc(C(=O)N[C@H]7CCC(=O)NC7=O)c(F)c6)C5)CC4)cc3)C2(C)C)cc(C)c1C#N. The van der Waals surface area contributed by atoms with Gasteiger partial charge in [-0.3, -0.25) is 24.5 Å². The molecule has 58 heavy (non-hydrogen) atoms. The van der Waals surface area contributed by atoms with Crippen LogP contribution in [0.15, 0.2) is 54.6 Å². The van der Waals surface area contributed by atoms with Gasteiger partial charge in [0.1, 0.15) is 35.6 Å². The Bertz CT molecular complexity index is 2090. The number of anilines is 1. The molecule has 0 radical (unpaired) electrons. The van der Waals surface area contributed by atoms with Gasteiger partial charge in [0.15, 0.2) is 0 Å². The van der Waals surface area contributed by atoms with Crippen molar-refractivity contribution < 1.29 is 37.8 Å². The lowest BCUT2D eigenvalue weighted by Crippen LogP contribution is -2.74. The topological polar surface area (TPSA) is 159 Å². The molecule has 4 amide bonds. The van der Waals surface area contributed by atoms with E-state index in [0.29, 0.717) is 29.7 Å². The lowest BCUT2D eigenvalue weighted by Gasteiger charge is -2.63. The summed E-state index contributed by atoms with van der Waals surface area (Å²) in [5.74, 6) is -1.55. The number of aryl methyl sites for hydroxylation is 2. The molecule has 13 heteroatoms. The number of nitrogens with zero attached hydrogens (tertiary/aromatic N) is 2. The van der Waals surface area contributed by atoms with Crippen LogP contribution in [0.25, 0.3) is 0 Å². The Kier molecular flexibility index (Phi) is 11.3. The fourth-order valence-electron chi connectivity index (χ4n) is 9.40. The highest BCUT2D eigenvalue weighted by atomic mass is 19.1. The summed E-state index contributed by atoms with van der Waals surface area (Å²) in [7, 11) is 0. The smallest absolute Gasteiger partial charge is 0.254 e. The summed E-state index contributed by atoms with van der Waals surface area (Å²) in [6.45, 7) is 14.0. The molecule has 3 aromatic rings. The van der Waals surface area contributed by atoms with Gasteiger partial charge in [-0.2, -0.15) is 5.26 Å². The molecule has 0 aromatic heterocycles. The number of halogens is 1. The third-order valence-corrected chi connectivity index (χ3v) is 12.4. The van der Waals surface area contributed by atoms with Crippen LogP contribution in [-0.4, -0.2) is 73.2 Å². The minimum Gasteiger partial charge on any atom is -0.490 e. The highest BCUT2D eigenvalue weighted by molar-refractivity contribution is 6.03. The maximum atomic E-state index is 14.8. The van der Waals surface area contributed by atoms with Gasteiger partial charge in [-0.15, -0.1) is 0 Å². The fourth-order valence-corrected chi connectivity index (χ4v) is 9.40. The number of rotatable bonds is 11. The van der Waals surface area contributed by atoms with E-state index in [1.807, 2.05) is 50.2 Å². The predicted molar refractivity (Wildman–Crippen MR) is 214 cm³/mol. The second kappa shape index (κ2) is 16.0. The maximum Gasteiger partial charge on any atom is 0.254 e. The first kappa shape index (κ1) is 40.7. The van der Waals surface area contributed by atoms with Crippen molar-refractivity contribution in [3.8, 4) is 17.6 Å². The number of carbonyl (C=O) groups is 4. The van der Waals surface area contributed by atoms with Crippen LogP contribution in [0.3, 0.4) is 0 Å². The van der Waals surface area contributed by atoms with E-state index in [2.05, 4.69) is 54.6 Å². The number of benzene rings is 3. The predicted octanol–water partition coefficient (Wildman–Crippen LogP) is 6.06. The molecule has 0 spiro atoms. The van der Waals surface area contributed by atoms with E-state index in [4.69, 9.17) is 14.2 Å². The summed E-state index contributed by atoms with van der Waals surface area (Å²) in [5, 5.41) is 17.4. The van der Waals surface area contributed by atoms with Gasteiger partial charge < -0.3 is 29.7 Å². The van der Waals surface area contributed by atoms with E-state index in [-0.39, 0.29) is 65.6 Å². The van der Waals surface area contributed by atoms with Crippen molar-refractivity contribution in [2.24, 2.45) is 10.8 Å². The summed E-state index contributed by atoms with van der Waals surface area (Å²) in [4.78, 5) is 51.7. The number of imide groups is 1. The molecule has 2 saturated carbocycles. The maximum absolute atomic E-state index is 14.8. The van der Waals surface area contributed by atoms with E-state index >= 15 is 0 Å². The number of carbonyl (C=O) groups excluding carboxylic acids is 4. The van der Waals surface area contributed by atoms with Crippen molar-refractivity contribution in [2.75, 3.05) is 18.0 Å². The van der Waals surface area contributed by atoms with Crippen LogP contribution in [0, 0.1) is 41.8 Å². The first-order chi connectivity index (χ1) is 27.5. The molecule has 4 fully saturated rings. The van der Waals surface area contributed by atoms with Crippen molar-refractivity contribution in [3.05, 3.63) is 88.2 Å². The molecule has 306 valence electrons. The molecule has 1 atom stereocenters. The number of nitriles is 1. The van der Waals surface area contributed by atoms with E-state index in [0.717, 1.165) is 48.5 Å². The second-order valence-electron chi connectivity index (χ2n) is 17.4. The standard InChI is InChI=1S/C45H52FN5O7/c1-25-19-31(20-26(2)35(25)24-47)58-43-44(3,4)42(45(43,5)6)50-39(53)27-7-9-28(10-8-27)51-17-15-29(16-18-51)56-32-21-33(22-32)57-30-11-12-34(36(46)23-30)40(54)48-37-13-14-38(52)49-41(37)55/h7-12,19-20,23,29,32-33,37,42-43H,13-18,21-22H2,1-6H3,(H,48,54)(H,50,53)(H,49,52,55)/t32-,33-,37-,42-,43-/m0/s1. The van der Waals surface area contributed by atoms with Gasteiger partial charge in [-0.1, -0.05) is 27.7 Å². The summed E-state index contributed by atoms with van der Waals surface area (Å²) in [5.41, 5.74) is 3.24. The molecule has 3 aromatic carbocycles. The number of nitrogens with one attached hydrogen (secondary N) is 3. The van der Waals surface area contributed by atoms with Gasteiger partial charge in [0.25, 0.3) is 11.8 Å². The van der Waals surface area contributed by atoms with Gasteiger partial charge in [0.2, 0.25) is 11.8 Å². The van der Waals surface area contributed by atoms with Crippen LogP contribution >= 0.6 is 0 Å². The molecule has 4 aliphatic rings. The van der Waals surface area contributed by atoms with Crippen molar-refractivity contribution in [2.45, 2.75) is 117 Å². The van der Waals surface area contributed by atoms with Crippen molar-refractivity contribution >= 4 is 29.3 Å². The largest absolute Gasteiger partial charge is 0.490 e. The van der Waals surface area contributed by atoms with Crippen molar-refractivity contribution in [1.29, 1.82) is 5.26 Å². The minimum atomic E-state index is -0.890.